The summed E-state index contributed by atoms with van der Waals surface area (Å²) in [6, 6.07) is 6.18. The molecule has 2 rings (SSSR count). The maximum Gasteiger partial charge on any atom is 0.269 e. The lowest BCUT2D eigenvalue weighted by molar-refractivity contribution is -0.384. The van der Waals surface area contributed by atoms with Gasteiger partial charge in [-0.3, -0.25) is 10.1 Å². The van der Waals surface area contributed by atoms with Crippen molar-refractivity contribution in [1.29, 1.82) is 0 Å². The van der Waals surface area contributed by atoms with Crippen LogP contribution in [-0.2, 0) is 9.47 Å². The van der Waals surface area contributed by atoms with Gasteiger partial charge in [0.25, 0.3) is 5.69 Å². The predicted molar refractivity (Wildman–Crippen MR) is 99.6 cm³/mol. The number of piperidine rings is 1. The molecule has 0 spiro atoms. The number of nitrogens with one attached hydrogen (secondary N) is 1. The molecule has 1 heterocycles. The van der Waals surface area contributed by atoms with Gasteiger partial charge in [-0.15, -0.1) is 0 Å². The highest BCUT2D eigenvalue weighted by molar-refractivity contribution is 5.35. The van der Waals surface area contributed by atoms with Crippen LogP contribution in [0.4, 0.5) is 5.69 Å². The Morgan fingerprint density at radius 2 is 1.92 bits per heavy atom. The Morgan fingerprint density at radius 3 is 2.58 bits per heavy atom. The summed E-state index contributed by atoms with van der Waals surface area (Å²) in [4.78, 5) is 10.2. The highest BCUT2D eigenvalue weighted by atomic mass is 16.6. The second kappa shape index (κ2) is 9.85. The molecule has 7 nitrogen and oxygen atoms in total. The molecule has 146 valence electrons. The Hall–Kier alpha value is -1.70. The first-order valence-electron chi connectivity index (χ1n) is 9.54. The van der Waals surface area contributed by atoms with E-state index < -0.39 is 4.92 Å². The van der Waals surface area contributed by atoms with Crippen LogP contribution < -0.4 is 10.0 Å². The molecule has 0 aromatic heterocycles. The third kappa shape index (κ3) is 6.90. The van der Waals surface area contributed by atoms with Crippen LogP contribution >= 0.6 is 0 Å². The van der Waals surface area contributed by atoms with Crippen LogP contribution in [0.25, 0.3) is 0 Å². The second-order valence-electron chi connectivity index (χ2n) is 7.52. The van der Waals surface area contributed by atoms with Gasteiger partial charge in [-0.2, -0.15) is 0 Å². The first-order valence-corrected chi connectivity index (χ1v) is 9.09. The Balaban J connectivity index is 1.56. The van der Waals surface area contributed by atoms with Crippen molar-refractivity contribution in [2.75, 3.05) is 33.0 Å². The molecule has 0 aliphatic carbocycles. The monoisotopic (exact) mass is 367 g/mol. The van der Waals surface area contributed by atoms with Gasteiger partial charge in [-0.1, -0.05) is 20.8 Å². The van der Waals surface area contributed by atoms with E-state index in [1.807, 2.05) is 0 Å². The highest BCUT2D eigenvalue weighted by Gasteiger charge is 2.30. The fraction of sp³-hybridized carbons (Fsp3) is 0.684. The van der Waals surface area contributed by atoms with Crippen molar-refractivity contribution >= 4 is 5.69 Å². The molecule has 26 heavy (non-hydrogen) atoms. The van der Waals surface area contributed by atoms with Crippen LogP contribution in [0.2, 0.25) is 1.41 Å². The lowest BCUT2D eigenvalue weighted by atomic mass is 9.81. The molecular weight excluding hydrogens is 336 g/mol. The standard InChI is InChI=1S/C19H30N2O5/c1-19(2,3)18-14-17(8-9-20-18)26-13-11-24-10-12-25-16-6-4-15(5-7-16)21(22)23/h4-7,17-18,20H,8-14H2,1-3H3/i/hD. The molecule has 0 radical (unpaired) electrons. The van der Waals surface area contributed by atoms with E-state index in [0.29, 0.717) is 32.2 Å². The Morgan fingerprint density at radius 1 is 1.23 bits per heavy atom. The third-order valence-corrected chi connectivity index (χ3v) is 4.41. The Kier molecular flexibility index (Phi) is 7.22. The Bertz CT molecular complexity index is 591. The molecule has 1 aromatic carbocycles. The summed E-state index contributed by atoms with van der Waals surface area (Å²) in [5.74, 6) is 0.579. The minimum absolute atomic E-state index is 0.0423. The van der Waals surface area contributed by atoms with E-state index >= 15 is 0 Å². The molecule has 2 atom stereocenters. The number of benzene rings is 1. The molecule has 1 N–H and O–H groups in total. The number of hydrogen-bond donors (Lipinski definition) is 1. The van der Waals surface area contributed by atoms with Gasteiger partial charge in [-0.05, 0) is 36.9 Å². The van der Waals surface area contributed by atoms with E-state index in [9.17, 15) is 10.1 Å². The van der Waals surface area contributed by atoms with E-state index in [-0.39, 0.29) is 23.2 Å². The zero-order chi connectivity index (χ0) is 19.9. The van der Waals surface area contributed by atoms with Crippen molar-refractivity contribution in [2.45, 2.75) is 45.8 Å². The van der Waals surface area contributed by atoms with Gasteiger partial charge in [0.05, 0.1) is 30.8 Å². The van der Waals surface area contributed by atoms with Gasteiger partial charge in [0.2, 0.25) is 0 Å². The average Bonchev–Trinajstić information content (AvgIpc) is 2.61. The van der Waals surface area contributed by atoms with Crippen molar-refractivity contribution < 1.29 is 20.5 Å². The molecule has 0 bridgehead atoms. The van der Waals surface area contributed by atoms with Crippen LogP contribution in [0.15, 0.2) is 24.3 Å². The largest absolute Gasteiger partial charge is 0.491 e. The molecule has 1 aliphatic rings. The number of ether oxygens (including phenoxy) is 3. The summed E-state index contributed by atoms with van der Waals surface area (Å²) in [6.07, 6.45) is 1.92. The van der Waals surface area contributed by atoms with Crippen LogP contribution in [0.3, 0.4) is 0 Å². The summed E-state index contributed by atoms with van der Waals surface area (Å²) in [5, 5.41) is 12.3. The van der Waals surface area contributed by atoms with Gasteiger partial charge in [-0.25, -0.2) is 0 Å². The summed E-state index contributed by atoms with van der Waals surface area (Å²) in [6.45, 7) is 9.04. The van der Waals surface area contributed by atoms with Crippen molar-refractivity contribution in [3.8, 4) is 5.75 Å². The number of nitrogens with zero attached hydrogens (tertiary/aromatic N) is 1. The van der Waals surface area contributed by atoms with Crippen molar-refractivity contribution in [3.63, 3.8) is 0 Å². The number of hydrogen-bond acceptors (Lipinski definition) is 6. The van der Waals surface area contributed by atoms with Gasteiger partial charge in [0.1, 0.15) is 13.8 Å². The normalized spacial score (nSPS) is 22.0. The fourth-order valence-electron chi connectivity index (χ4n) is 2.85. The topological polar surface area (TPSA) is 82.9 Å². The zero-order valence-corrected chi connectivity index (χ0v) is 15.8. The average molecular weight is 367 g/mol. The van der Waals surface area contributed by atoms with E-state index in [0.717, 1.165) is 19.4 Å². The van der Waals surface area contributed by atoms with Gasteiger partial charge in [0.15, 0.2) is 0 Å². The molecule has 1 fully saturated rings. The van der Waals surface area contributed by atoms with E-state index in [4.69, 9.17) is 15.6 Å². The number of nitro benzene ring substituents is 1. The van der Waals surface area contributed by atoms with E-state index in [2.05, 4.69) is 20.8 Å². The molecular formula is C19H30N2O5. The van der Waals surface area contributed by atoms with Crippen molar-refractivity contribution in [2.24, 2.45) is 5.41 Å². The van der Waals surface area contributed by atoms with E-state index in [1.165, 1.54) is 12.1 Å². The molecule has 2 unspecified atom stereocenters. The molecule has 7 heteroatoms. The van der Waals surface area contributed by atoms with Crippen LogP contribution in [0.5, 0.6) is 5.75 Å². The molecule has 1 aromatic rings. The number of nitro groups is 1. The SMILES string of the molecule is [2H]N1CCC(OCCOCCOc2ccc([N+](=O)[O-])cc2)CC1C(C)(C)C. The molecule has 1 aliphatic heterocycles. The van der Waals surface area contributed by atoms with Crippen LogP contribution in [0, 0.1) is 15.5 Å². The highest BCUT2D eigenvalue weighted by Crippen LogP contribution is 2.27. The predicted octanol–water partition coefficient (Wildman–Crippen LogP) is 3.17. The van der Waals surface area contributed by atoms with Crippen molar-refractivity contribution in [1.82, 2.24) is 5.31 Å². The second-order valence-corrected chi connectivity index (χ2v) is 7.52. The smallest absolute Gasteiger partial charge is 0.269 e. The lowest BCUT2D eigenvalue weighted by Crippen LogP contribution is -2.48. The van der Waals surface area contributed by atoms with Crippen LogP contribution in [0.1, 0.15) is 33.6 Å². The third-order valence-electron chi connectivity index (χ3n) is 4.41. The Labute approximate surface area is 156 Å². The summed E-state index contributed by atoms with van der Waals surface area (Å²) >= 11 is 0. The molecule has 0 saturated carbocycles. The first kappa shape index (κ1) is 19.1. The summed E-state index contributed by atoms with van der Waals surface area (Å²) in [5.41, 5.74) is 0.107. The minimum atomic E-state index is -0.440. The molecule has 0 amide bonds. The van der Waals surface area contributed by atoms with Crippen molar-refractivity contribution in [3.05, 3.63) is 34.4 Å². The summed E-state index contributed by atoms with van der Waals surface area (Å²) < 4.78 is 25.0. The van der Waals surface area contributed by atoms with E-state index in [1.54, 1.807) is 17.4 Å². The number of non-ortho nitro benzene ring substituents is 1. The number of rotatable bonds is 9. The first-order chi connectivity index (χ1) is 12.8. The van der Waals surface area contributed by atoms with Gasteiger partial charge >= 0.3 is 0 Å². The minimum Gasteiger partial charge on any atom is -0.491 e. The quantitative estimate of drug-likeness (QED) is 0.410. The maximum absolute atomic E-state index is 10.6. The van der Waals surface area contributed by atoms with Crippen LogP contribution in [-0.4, -0.2) is 50.0 Å². The van der Waals surface area contributed by atoms with Gasteiger partial charge < -0.3 is 19.5 Å². The lowest BCUT2D eigenvalue weighted by Gasteiger charge is -2.38. The fourth-order valence-corrected chi connectivity index (χ4v) is 2.85. The molecule has 1 saturated heterocycles. The summed E-state index contributed by atoms with van der Waals surface area (Å²) in [7, 11) is 0. The zero-order valence-electron chi connectivity index (χ0n) is 16.8. The van der Waals surface area contributed by atoms with Gasteiger partial charge in [0, 0.05) is 18.2 Å². The maximum atomic E-state index is 10.6.